The van der Waals surface area contributed by atoms with Crippen LogP contribution in [0.4, 0.5) is 0 Å². The third kappa shape index (κ3) is 1.93. The largest absolute Gasteiger partial charge is 0.458 e. The Morgan fingerprint density at radius 1 is 1.33 bits per heavy atom. The highest BCUT2D eigenvalue weighted by Crippen LogP contribution is 2.60. The van der Waals surface area contributed by atoms with Crippen LogP contribution in [0.2, 0.25) is 0 Å². The molecule has 4 aliphatic carbocycles. The van der Waals surface area contributed by atoms with Crippen molar-refractivity contribution in [2.75, 3.05) is 0 Å². The molecule has 0 N–H and O–H groups in total. The van der Waals surface area contributed by atoms with Gasteiger partial charge in [-0.1, -0.05) is 22.9 Å². The van der Waals surface area contributed by atoms with E-state index in [1.165, 1.54) is 19.3 Å². The van der Waals surface area contributed by atoms with Crippen LogP contribution in [0.1, 0.15) is 52.4 Å². The molecule has 0 aromatic carbocycles. The summed E-state index contributed by atoms with van der Waals surface area (Å²) in [5.41, 5.74) is -0.109. The molecule has 0 aliphatic heterocycles. The van der Waals surface area contributed by atoms with E-state index >= 15 is 0 Å². The lowest BCUT2D eigenvalue weighted by Crippen LogP contribution is -2.59. The maximum absolute atomic E-state index is 12.0. The molecule has 3 heteroatoms. The van der Waals surface area contributed by atoms with Gasteiger partial charge in [0.25, 0.3) is 0 Å². The number of halogens is 1. The Labute approximate surface area is 118 Å². The zero-order valence-corrected chi connectivity index (χ0v) is 12.9. The Bertz CT molecular complexity index is 338. The van der Waals surface area contributed by atoms with Crippen molar-refractivity contribution in [3.8, 4) is 0 Å². The first kappa shape index (κ1) is 13.0. The topological polar surface area (TPSA) is 26.3 Å². The molecule has 0 aromatic heterocycles. The fourth-order valence-electron chi connectivity index (χ4n) is 5.22. The average molecular weight is 315 g/mol. The zero-order chi connectivity index (χ0) is 12.9. The van der Waals surface area contributed by atoms with E-state index in [4.69, 9.17) is 4.74 Å². The minimum Gasteiger partial charge on any atom is -0.458 e. The molecule has 2 nitrogen and oxygen atoms in total. The Morgan fingerprint density at radius 2 is 1.94 bits per heavy atom. The van der Waals surface area contributed by atoms with Crippen LogP contribution < -0.4 is 0 Å². The molecule has 4 rings (SSSR count). The maximum Gasteiger partial charge on any atom is 0.319 e. The molecule has 102 valence electrons. The second kappa shape index (κ2) is 4.50. The van der Waals surface area contributed by atoms with Crippen LogP contribution in [-0.4, -0.2) is 16.4 Å². The zero-order valence-electron chi connectivity index (χ0n) is 11.3. The Balaban J connectivity index is 1.85. The lowest BCUT2D eigenvalue weighted by atomic mass is 9.49. The standard InChI is InChI=1S/C15H23BrO2/c1-3-13-12-5-10-4-11(6-12)8-15(13,7-10)18-14(17)9(2)16/h9-13H,3-8H2,1-2H3. The normalized spacial score (nSPS) is 47.1. The Morgan fingerprint density at radius 3 is 2.44 bits per heavy atom. The summed E-state index contributed by atoms with van der Waals surface area (Å²) in [6.07, 6.45) is 7.58. The summed E-state index contributed by atoms with van der Waals surface area (Å²) in [6, 6.07) is 0. The lowest BCUT2D eigenvalue weighted by Gasteiger charge is -2.60. The molecular weight excluding hydrogens is 292 g/mol. The van der Waals surface area contributed by atoms with Gasteiger partial charge in [-0.25, -0.2) is 0 Å². The summed E-state index contributed by atoms with van der Waals surface area (Å²) in [6.45, 7) is 4.13. The number of hydrogen-bond donors (Lipinski definition) is 0. The number of carbonyl (C=O) groups excluding carboxylic acids is 1. The van der Waals surface area contributed by atoms with Gasteiger partial charge in [0.1, 0.15) is 10.4 Å². The quantitative estimate of drug-likeness (QED) is 0.583. The van der Waals surface area contributed by atoms with Crippen molar-refractivity contribution < 1.29 is 9.53 Å². The van der Waals surface area contributed by atoms with Crippen molar-refractivity contribution >= 4 is 21.9 Å². The molecule has 4 bridgehead atoms. The molecule has 0 saturated heterocycles. The summed E-state index contributed by atoms with van der Waals surface area (Å²) in [5.74, 6) is 3.02. The number of alkyl halides is 1. The van der Waals surface area contributed by atoms with Gasteiger partial charge >= 0.3 is 5.97 Å². The number of hydrogen-bond acceptors (Lipinski definition) is 2. The van der Waals surface area contributed by atoms with Gasteiger partial charge in [0, 0.05) is 5.92 Å². The van der Waals surface area contributed by atoms with Gasteiger partial charge in [-0.2, -0.15) is 0 Å². The van der Waals surface area contributed by atoms with E-state index in [0.29, 0.717) is 5.92 Å². The van der Waals surface area contributed by atoms with Crippen molar-refractivity contribution in [3.05, 3.63) is 0 Å². The minimum atomic E-state index is -0.178. The third-order valence-corrected chi connectivity index (χ3v) is 5.89. The van der Waals surface area contributed by atoms with E-state index in [-0.39, 0.29) is 16.4 Å². The first-order valence-corrected chi connectivity index (χ1v) is 8.32. The molecule has 0 aromatic rings. The SMILES string of the molecule is CCC1C2CC3CC(C2)CC1(OC(=O)C(C)Br)C3. The summed E-state index contributed by atoms with van der Waals surface area (Å²) in [4.78, 5) is 11.8. The van der Waals surface area contributed by atoms with Gasteiger partial charge in [-0.15, -0.1) is 0 Å². The van der Waals surface area contributed by atoms with Gasteiger partial charge in [-0.3, -0.25) is 4.79 Å². The smallest absolute Gasteiger partial charge is 0.319 e. The highest BCUT2D eigenvalue weighted by atomic mass is 79.9. The first-order chi connectivity index (χ1) is 8.54. The van der Waals surface area contributed by atoms with E-state index < -0.39 is 0 Å². The predicted octanol–water partition coefficient (Wildman–Crippen LogP) is 3.92. The van der Waals surface area contributed by atoms with Crippen LogP contribution in [0.3, 0.4) is 0 Å². The Hall–Kier alpha value is -0.0500. The van der Waals surface area contributed by atoms with Crippen LogP contribution in [0, 0.1) is 23.7 Å². The molecule has 4 aliphatic rings. The second-order valence-corrected chi connectivity index (χ2v) is 8.10. The molecule has 0 radical (unpaired) electrons. The highest BCUT2D eigenvalue weighted by Gasteiger charge is 2.58. The van der Waals surface area contributed by atoms with E-state index in [9.17, 15) is 4.79 Å². The first-order valence-electron chi connectivity index (χ1n) is 7.41. The van der Waals surface area contributed by atoms with Crippen LogP contribution in [0.15, 0.2) is 0 Å². The van der Waals surface area contributed by atoms with Gasteiger partial charge in [0.05, 0.1) is 0 Å². The number of esters is 1. The van der Waals surface area contributed by atoms with E-state index in [0.717, 1.165) is 37.0 Å². The van der Waals surface area contributed by atoms with Crippen LogP contribution in [0.25, 0.3) is 0 Å². The molecule has 0 amide bonds. The molecule has 18 heavy (non-hydrogen) atoms. The predicted molar refractivity (Wildman–Crippen MR) is 74.5 cm³/mol. The maximum atomic E-state index is 12.0. The van der Waals surface area contributed by atoms with Crippen molar-refractivity contribution in [2.45, 2.75) is 62.8 Å². The molecule has 4 fully saturated rings. The lowest BCUT2D eigenvalue weighted by molar-refractivity contribution is -0.208. The summed E-state index contributed by atoms with van der Waals surface area (Å²) in [7, 11) is 0. The Kier molecular flexibility index (Phi) is 3.24. The van der Waals surface area contributed by atoms with Gasteiger partial charge < -0.3 is 4.74 Å². The van der Waals surface area contributed by atoms with Crippen molar-refractivity contribution in [1.82, 2.24) is 0 Å². The molecule has 4 saturated carbocycles. The van der Waals surface area contributed by atoms with Crippen LogP contribution in [-0.2, 0) is 9.53 Å². The number of rotatable bonds is 3. The van der Waals surface area contributed by atoms with Crippen LogP contribution in [0.5, 0.6) is 0 Å². The summed E-state index contributed by atoms with van der Waals surface area (Å²) >= 11 is 3.35. The fourth-order valence-corrected chi connectivity index (χ4v) is 5.31. The average Bonchev–Trinajstić information content (AvgIpc) is 2.27. The number of carbonyl (C=O) groups is 1. The van der Waals surface area contributed by atoms with E-state index in [2.05, 4.69) is 22.9 Å². The number of ether oxygens (including phenoxy) is 1. The highest BCUT2D eigenvalue weighted by molar-refractivity contribution is 9.10. The monoisotopic (exact) mass is 314 g/mol. The summed E-state index contributed by atoms with van der Waals surface area (Å²) in [5, 5.41) is 0. The van der Waals surface area contributed by atoms with Crippen LogP contribution >= 0.6 is 15.9 Å². The summed E-state index contributed by atoms with van der Waals surface area (Å²) < 4.78 is 6.03. The molecule has 0 spiro atoms. The van der Waals surface area contributed by atoms with Gasteiger partial charge in [0.2, 0.25) is 0 Å². The van der Waals surface area contributed by atoms with Crippen molar-refractivity contribution in [2.24, 2.45) is 23.7 Å². The van der Waals surface area contributed by atoms with Crippen molar-refractivity contribution in [1.29, 1.82) is 0 Å². The molecular formula is C15H23BrO2. The van der Waals surface area contributed by atoms with E-state index in [1.807, 2.05) is 6.92 Å². The minimum absolute atomic E-state index is 0.0598. The molecule has 4 unspecified atom stereocenters. The fraction of sp³-hybridized carbons (Fsp3) is 0.933. The van der Waals surface area contributed by atoms with E-state index in [1.54, 1.807) is 0 Å². The molecule has 0 heterocycles. The van der Waals surface area contributed by atoms with Gasteiger partial charge in [-0.05, 0) is 63.2 Å². The van der Waals surface area contributed by atoms with Gasteiger partial charge in [0.15, 0.2) is 0 Å². The third-order valence-electron chi connectivity index (χ3n) is 5.52. The van der Waals surface area contributed by atoms with Crippen molar-refractivity contribution in [3.63, 3.8) is 0 Å². The molecule has 4 atom stereocenters. The second-order valence-electron chi connectivity index (χ2n) is 6.72.